The average Bonchev–Trinajstić information content (AvgIpc) is 2.68. The SMILES string of the molecule is C[C@H](N)C(=O)Nc1ccc(N2CCCCCC2)cc1. The number of nitrogens with zero attached hydrogens (tertiary/aromatic N) is 1. The maximum atomic E-state index is 11.5. The summed E-state index contributed by atoms with van der Waals surface area (Å²) >= 11 is 0. The zero-order valence-electron chi connectivity index (χ0n) is 11.6. The minimum Gasteiger partial charge on any atom is -0.372 e. The van der Waals surface area contributed by atoms with Crippen molar-refractivity contribution in [2.45, 2.75) is 38.6 Å². The van der Waals surface area contributed by atoms with E-state index in [4.69, 9.17) is 5.73 Å². The lowest BCUT2D eigenvalue weighted by atomic mass is 10.2. The van der Waals surface area contributed by atoms with Crippen LogP contribution in [0.25, 0.3) is 0 Å². The van der Waals surface area contributed by atoms with Gasteiger partial charge < -0.3 is 16.0 Å². The molecular formula is C15H23N3O. The molecule has 1 saturated heterocycles. The third kappa shape index (κ3) is 3.96. The Kier molecular flexibility index (Phi) is 4.80. The van der Waals surface area contributed by atoms with Crippen LogP contribution in [-0.2, 0) is 4.79 Å². The Balaban J connectivity index is 1.99. The van der Waals surface area contributed by atoms with Gasteiger partial charge in [0.25, 0.3) is 0 Å². The van der Waals surface area contributed by atoms with Crippen LogP contribution in [0.4, 0.5) is 11.4 Å². The monoisotopic (exact) mass is 261 g/mol. The molecule has 104 valence electrons. The molecule has 0 unspecified atom stereocenters. The lowest BCUT2D eigenvalue weighted by molar-refractivity contribution is -0.117. The molecule has 1 atom stereocenters. The van der Waals surface area contributed by atoms with Gasteiger partial charge in [-0.25, -0.2) is 0 Å². The van der Waals surface area contributed by atoms with E-state index in [-0.39, 0.29) is 5.91 Å². The van der Waals surface area contributed by atoms with Gasteiger partial charge in [-0.05, 0) is 44.0 Å². The van der Waals surface area contributed by atoms with Gasteiger partial charge in [-0.3, -0.25) is 4.79 Å². The fourth-order valence-corrected chi connectivity index (χ4v) is 2.34. The molecule has 1 aromatic rings. The molecule has 0 radical (unpaired) electrons. The number of amides is 1. The van der Waals surface area contributed by atoms with Crippen molar-refractivity contribution in [1.29, 1.82) is 0 Å². The van der Waals surface area contributed by atoms with E-state index >= 15 is 0 Å². The molecule has 0 bridgehead atoms. The Morgan fingerprint density at radius 2 is 1.74 bits per heavy atom. The molecule has 1 aromatic carbocycles. The number of nitrogens with two attached hydrogens (primary N) is 1. The first-order valence-electron chi connectivity index (χ1n) is 7.08. The van der Waals surface area contributed by atoms with Gasteiger partial charge in [0.1, 0.15) is 0 Å². The third-order valence-corrected chi connectivity index (χ3v) is 3.52. The number of anilines is 2. The normalized spacial score (nSPS) is 17.7. The second-order valence-corrected chi connectivity index (χ2v) is 5.23. The number of rotatable bonds is 3. The second kappa shape index (κ2) is 6.57. The van der Waals surface area contributed by atoms with E-state index in [0.29, 0.717) is 0 Å². The molecule has 4 nitrogen and oxygen atoms in total. The predicted octanol–water partition coefficient (Wildman–Crippen LogP) is 2.35. The van der Waals surface area contributed by atoms with Crippen molar-refractivity contribution >= 4 is 17.3 Å². The zero-order valence-corrected chi connectivity index (χ0v) is 11.6. The molecule has 19 heavy (non-hydrogen) atoms. The Labute approximate surface area is 115 Å². The summed E-state index contributed by atoms with van der Waals surface area (Å²) in [7, 11) is 0. The summed E-state index contributed by atoms with van der Waals surface area (Å²) in [4.78, 5) is 13.9. The lowest BCUT2D eigenvalue weighted by Gasteiger charge is -2.22. The van der Waals surface area contributed by atoms with Crippen LogP contribution in [0.2, 0.25) is 0 Å². The first-order chi connectivity index (χ1) is 9.16. The molecule has 2 rings (SSSR count). The van der Waals surface area contributed by atoms with E-state index in [1.807, 2.05) is 12.1 Å². The molecular weight excluding hydrogens is 238 g/mol. The summed E-state index contributed by atoms with van der Waals surface area (Å²) in [6.07, 6.45) is 5.20. The van der Waals surface area contributed by atoms with Crippen molar-refractivity contribution in [1.82, 2.24) is 0 Å². The molecule has 1 amide bonds. The Bertz CT molecular complexity index is 406. The fourth-order valence-electron chi connectivity index (χ4n) is 2.34. The summed E-state index contributed by atoms with van der Waals surface area (Å²) in [5, 5.41) is 2.80. The van der Waals surface area contributed by atoms with Crippen molar-refractivity contribution in [3.8, 4) is 0 Å². The Morgan fingerprint density at radius 3 is 2.26 bits per heavy atom. The summed E-state index contributed by atoms with van der Waals surface area (Å²) in [5.41, 5.74) is 7.57. The standard InChI is InChI=1S/C15H23N3O/c1-12(16)15(19)17-13-6-8-14(9-7-13)18-10-4-2-3-5-11-18/h6-9,12H,2-5,10-11,16H2,1H3,(H,17,19)/t12-/m0/s1. The summed E-state index contributed by atoms with van der Waals surface area (Å²) in [6.45, 7) is 3.94. The topological polar surface area (TPSA) is 58.4 Å². The van der Waals surface area contributed by atoms with Gasteiger partial charge in [0.05, 0.1) is 6.04 Å². The molecule has 1 aliphatic rings. The predicted molar refractivity (Wildman–Crippen MR) is 79.4 cm³/mol. The first-order valence-corrected chi connectivity index (χ1v) is 7.08. The van der Waals surface area contributed by atoms with Crippen molar-refractivity contribution in [3.05, 3.63) is 24.3 Å². The van der Waals surface area contributed by atoms with Crippen LogP contribution in [0.1, 0.15) is 32.6 Å². The van der Waals surface area contributed by atoms with Gasteiger partial charge in [0.2, 0.25) is 5.91 Å². The highest BCUT2D eigenvalue weighted by Crippen LogP contribution is 2.21. The Hall–Kier alpha value is -1.55. The van der Waals surface area contributed by atoms with Gasteiger partial charge in [-0.2, -0.15) is 0 Å². The largest absolute Gasteiger partial charge is 0.372 e. The van der Waals surface area contributed by atoms with Crippen molar-refractivity contribution < 1.29 is 4.79 Å². The molecule has 0 spiro atoms. The van der Waals surface area contributed by atoms with E-state index in [1.54, 1.807) is 6.92 Å². The van der Waals surface area contributed by atoms with Gasteiger partial charge in [-0.1, -0.05) is 12.8 Å². The molecule has 0 aromatic heterocycles. The highest BCUT2D eigenvalue weighted by molar-refractivity contribution is 5.94. The van der Waals surface area contributed by atoms with Crippen LogP contribution in [0, 0.1) is 0 Å². The number of hydrogen-bond acceptors (Lipinski definition) is 3. The van der Waals surface area contributed by atoms with Crippen LogP contribution in [0.5, 0.6) is 0 Å². The summed E-state index contributed by atoms with van der Waals surface area (Å²) in [5.74, 6) is -0.150. The van der Waals surface area contributed by atoms with Gasteiger partial charge in [0, 0.05) is 24.5 Å². The van der Waals surface area contributed by atoms with Gasteiger partial charge in [0.15, 0.2) is 0 Å². The van der Waals surface area contributed by atoms with Gasteiger partial charge in [-0.15, -0.1) is 0 Å². The molecule has 4 heteroatoms. The van der Waals surface area contributed by atoms with Crippen LogP contribution in [0.3, 0.4) is 0 Å². The van der Waals surface area contributed by atoms with E-state index in [1.165, 1.54) is 31.4 Å². The molecule has 0 saturated carbocycles. The van der Waals surface area contributed by atoms with E-state index in [9.17, 15) is 4.79 Å². The van der Waals surface area contributed by atoms with Crippen molar-refractivity contribution in [2.24, 2.45) is 5.73 Å². The highest BCUT2D eigenvalue weighted by Gasteiger charge is 2.11. The maximum absolute atomic E-state index is 11.5. The minimum atomic E-state index is -0.481. The zero-order chi connectivity index (χ0) is 13.7. The fraction of sp³-hybridized carbons (Fsp3) is 0.533. The molecule has 3 N–H and O–H groups in total. The van der Waals surface area contributed by atoms with Crippen molar-refractivity contribution in [2.75, 3.05) is 23.3 Å². The molecule has 0 aliphatic carbocycles. The van der Waals surface area contributed by atoms with E-state index in [0.717, 1.165) is 18.8 Å². The van der Waals surface area contributed by atoms with Crippen LogP contribution < -0.4 is 16.0 Å². The lowest BCUT2D eigenvalue weighted by Crippen LogP contribution is -2.32. The summed E-state index contributed by atoms with van der Waals surface area (Å²) in [6, 6.07) is 7.55. The third-order valence-electron chi connectivity index (χ3n) is 3.52. The number of carbonyl (C=O) groups excluding carboxylic acids is 1. The highest BCUT2D eigenvalue weighted by atomic mass is 16.2. The number of nitrogens with one attached hydrogen (secondary N) is 1. The number of carbonyl (C=O) groups is 1. The minimum absolute atomic E-state index is 0.150. The number of hydrogen-bond donors (Lipinski definition) is 2. The van der Waals surface area contributed by atoms with Crippen molar-refractivity contribution in [3.63, 3.8) is 0 Å². The van der Waals surface area contributed by atoms with Gasteiger partial charge >= 0.3 is 0 Å². The van der Waals surface area contributed by atoms with Crippen LogP contribution in [-0.4, -0.2) is 25.0 Å². The smallest absolute Gasteiger partial charge is 0.240 e. The van der Waals surface area contributed by atoms with Crippen LogP contribution >= 0.6 is 0 Å². The Morgan fingerprint density at radius 1 is 1.16 bits per heavy atom. The molecule has 1 fully saturated rings. The van der Waals surface area contributed by atoms with Crippen LogP contribution in [0.15, 0.2) is 24.3 Å². The molecule has 1 aliphatic heterocycles. The average molecular weight is 261 g/mol. The maximum Gasteiger partial charge on any atom is 0.240 e. The van der Waals surface area contributed by atoms with E-state index < -0.39 is 6.04 Å². The number of benzene rings is 1. The van der Waals surface area contributed by atoms with E-state index in [2.05, 4.69) is 22.3 Å². The summed E-state index contributed by atoms with van der Waals surface area (Å²) < 4.78 is 0. The second-order valence-electron chi connectivity index (χ2n) is 5.23. The first kappa shape index (κ1) is 13.9. The quantitative estimate of drug-likeness (QED) is 0.878. The molecule has 1 heterocycles.